The molecule has 4 N–H and O–H groups in total. The van der Waals surface area contributed by atoms with E-state index < -0.39 is 17.9 Å². The second-order valence-corrected chi connectivity index (χ2v) is 7.07. The molecule has 7 heteroatoms. The van der Waals surface area contributed by atoms with Gasteiger partial charge in [0.15, 0.2) is 5.76 Å². The number of rotatable bonds is 6. The van der Waals surface area contributed by atoms with Crippen LogP contribution < -0.4 is 16.4 Å². The van der Waals surface area contributed by atoms with Crippen molar-refractivity contribution in [1.82, 2.24) is 10.6 Å². The first-order valence-corrected chi connectivity index (χ1v) is 9.52. The van der Waals surface area contributed by atoms with Gasteiger partial charge in [-0.05, 0) is 43.0 Å². The quantitative estimate of drug-likeness (QED) is 0.711. The van der Waals surface area contributed by atoms with Crippen LogP contribution in [0.2, 0.25) is 0 Å². The summed E-state index contributed by atoms with van der Waals surface area (Å²) in [6.07, 6.45) is 5.16. The molecule has 0 aliphatic heterocycles. The minimum atomic E-state index is -0.568. The van der Waals surface area contributed by atoms with E-state index in [9.17, 15) is 14.4 Å². The SMILES string of the molecule is CNC(=O)C(NC(=O)c1ccc(-c2ccc(C(N)=O)cc2)o1)C1CCCCC1. The van der Waals surface area contributed by atoms with Crippen molar-refractivity contribution in [2.45, 2.75) is 38.1 Å². The molecule has 0 radical (unpaired) electrons. The van der Waals surface area contributed by atoms with E-state index >= 15 is 0 Å². The van der Waals surface area contributed by atoms with Gasteiger partial charge in [-0.15, -0.1) is 0 Å². The van der Waals surface area contributed by atoms with Crippen molar-refractivity contribution in [1.29, 1.82) is 0 Å². The fourth-order valence-electron chi connectivity index (χ4n) is 3.65. The van der Waals surface area contributed by atoms with Gasteiger partial charge >= 0.3 is 0 Å². The maximum absolute atomic E-state index is 12.7. The van der Waals surface area contributed by atoms with Gasteiger partial charge in [0.2, 0.25) is 11.8 Å². The number of nitrogens with one attached hydrogen (secondary N) is 2. The Kier molecular flexibility index (Phi) is 6.13. The minimum absolute atomic E-state index is 0.133. The molecule has 3 amide bonds. The lowest BCUT2D eigenvalue weighted by atomic mass is 9.83. The highest BCUT2D eigenvalue weighted by Crippen LogP contribution is 2.27. The Morgan fingerprint density at radius 3 is 2.32 bits per heavy atom. The van der Waals surface area contributed by atoms with Gasteiger partial charge in [-0.3, -0.25) is 14.4 Å². The molecule has 1 aliphatic carbocycles. The zero-order valence-electron chi connectivity index (χ0n) is 15.9. The average molecular weight is 383 g/mol. The molecule has 1 unspecified atom stereocenters. The topological polar surface area (TPSA) is 114 Å². The summed E-state index contributed by atoms with van der Waals surface area (Å²) in [7, 11) is 1.57. The van der Waals surface area contributed by atoms with E-state index in [4.69, 9.17) is 10.2 Å². The number of carbonyl (C=O) groups is 3. The highest BCUT2D eigenvalue weighted by Gasteiger charge is 2.31. The smallest absolute Gasteiger partial charge is 0.287 e. The number of furan rings is 1. The molecule has 2 aromatic rings. The first kappa shape index (κ1) is 19.7. The number of hydrogen-bond donors (Lipinski definition) is 3. The molecule has 0 spiro atoms. The third-order valence-corrected chi connectivity index (χ3v) is 5.22. The predicted molar refractivity (Wildman–Crippen MR) is 105 cm³/mol. The van der Waals surface area contributed by atoms with Gasteiger partial charge in [-0.1, -0.05) is 31.4 Å². The van der Waals surface area contributed by atoms with E-state index in [0.29, 0.717) is 11.3 Å². The molecule has 1 aromatic heterocycles. The summed E-state index contributed by atoms with van der Waals surface area (Å²) < 4.78 is 5.67. The summed E-state index contributed by atoms with van der Waals surface area (Å²) in [6.45, 7) is 0. The average Bonchev–Trinajstić information content (AvgIpc) is 3.22. The molecular weight excluding hydrogens is 358 g/mol. The second kappa shape index (κ2) is 8.73. The lowest BCUT2D eigenvalue weighted by Crippen LogP contribution is -2.50. The molecule has 1 aliphatic rings. The normalized spacial score (nSPS) is 15.6. The summed E-state index contributed by atoms with van der Waals surface area (Å²) in [4.78, 5) is 36.1. The van der Waals surface area contributed by atoms with E-state index in [-0.39, 0.29) is 17.6 Å². The third-order valence-electron chi connectivity index (χ3n) is 5.22. The van der Waals surface area contributed by atoms with Crippen LogP contribution in [-0.4, -0.2) is 30.8 Å². The van der Waals surface area contributed by atoms with Gasteiger partial charge in [0.25, 0.3) is 5.91 Å². The van der Waals surface area contributed by atoms with Crippen molar-refractivity contribution in [3.05, 3.63) is 47.7 Å². The Hall–Kier alpha value is -3.09. The first-order valence-electron chi connectivity index (χ1n) is 9.52. The standard InChI is InChI=1S/C21H25N3O4/c1-23-21(27)18(14-5-3-2-4-6-14)24-20(26)17-12-11-16(28-17)13-7-9-15(10-8-13)19(22)25/h7-12,14,18H,2-6H2,1H3,(H2,22,25)(H,23,27)(H,24,26). The van der Waals surface area contributed by atoms with E-state index in [1.807, 2.05) is 0 Å². The summed E-state index contributed by atoms with van der Waals surface area (Å²) in [5.41, 5.74) is 6.36. The van der Waals surface area contributed by atoms with Crippen LogP contribution in [0.5, 0.6) is 0 Å². The van der Waals surface area contributed by atoms with Gasteiger partial charge in [0, 0.05) is 18.2 Å². The van der Waals surface area contributed by atoms with E-state index in [1.54, 1.807) is 43.4 Å². The van der Waals surface area contributed by atoms with Crippen molar-refractivity contribution in [3.8, 4) is 11.3 Å². The molecule has 148 valence electrons. The number of hydrogen-bond acceptors (Lipinski definition) is 4. The number of benzene rings is 1. The van der Waals surface area contributed by atoms with Crippen LogP contribution >= 0.6 is 0 Å². The molecular formula is C21H25N3O4. The summed E-state index contributed by atoms with van der Waals surface area (Å²) in [5.74, 6) is -0.343. The van der Waals surface area contributed by atoms with Crippen LogP contribution in [-0.2, 0) is 4.79 Å². The molecule has 1 atom stereocenters. The summed E-state index contributed by atoms with van der Waals surface area (Å²) >= 11 is 0. The molecule has 1 saturated carbocycles. The number of carbonyl (C=O) groups excluding carboxylic acids is 3. The Morgan fingerprint density at radius 1 is 1.04 bits per heavy atom. The lowest BCUT2D eigenvalue weighted by Gasteiger charge is -2.29. The molecule has 7 nitrogen and oxygen atoms in total. The molecule has 1 heterocycles. The molecule has 1 fully saturated rings. The number of likely N-dealkylation sites (N-methyl/N-ethyl adjacent to an activating group) is 1. The fraction of sp³-hybridized carbons (Fsp3) is 0.381. The van der Waals surface area contributed by atoms with Gasteiger partial charge in [-0.25, -0.2) is 0 Å². The molecule has 0 saturated heterocycles. The molecule has 28 heavy (non-hydrogen) atoms. The molecule has 3 rings (SSSR count). The Bertz CT molecular complexity index is 851. The van der Waals surface area contributed by atoms with Crippen LogP contribution in [0.15, 0.2) is 40.8 Å². The summed E-state index contributed by atoms with van der Waals surface area (Å²) in [6, 6.07) is 9.31. The van der Waals surface area contributed by atoms with Crippen LogP contribution in [0.1, 0.15) is 53.0 Å². The maximum Gasteiger partial charge on any atom is 0.287 e. The van der Waals surface area contributed by atoms with E-state index in [0.717, 1.165) is 31.2 Å². The number of amides is 3. The Balaban J connectivity index is 1.73. The monoisotopic (exact) mass is 383 g/mol. The van der Waals surface area contributed by atoms with Crippen molar-refractivity contribution < 1.29 is 18.8 Å². The van der Waals surface area contributed by atoms with Crippen molar-refractivity contribution in [2.24, 2.45) is 11.7 Å². The number of primary amides is 1. The van der Waals surface area contributed by atoms with Crippen molar-refractivity contribution in [3.63, 3.8) is 0 Å². The largest absolute Gasteiger partial charge is 0.451 e. The zero-order valence-corrected chi connectivity index (χ0v) is 15.9. The van der Waals surface area contributed by atoms with Gasteiger partial charge < -0.3 is 20.8 Å². The number of nitrogens with two attached hydrogens (primary N) is 1. The third kappa shape index (κ3) is 4.42. The van der Waals surface area contributed by atoms with E-state index in [1.165, 1.54) is 6.42 Å². The first-order chi connectivity index (χ1) is 13.5. The van der Waals surface area contributed by atoms with E-state index in [2.05, 4.69) is 10.6 Å². The lowest BCUT2D eigenvalue weighted by molar-refractivity contribution is -0.124. The van der Waals surface area contributed by atoms with Gasteiger partial charge in [0.05, 0.1) is 0 Å². The molecule has 0 bridgehead atoms. The van der Waals surface area contributed by atoms with Gasteiger partial charge in [-0.2, -0.15) is 0 Å². The van der Waals surface area contributed by atoms with Gasteiger partial charge in [0.1, 0.15) is 11.8 Å². The molecule has 1 aromatic carbocycles. The van der Waals surface area contributed by atoms with Crippen LogP contribution in [0.4, 0.5) is 0 Å². The zero-order chi connectivity index (χ0) is 20.1. The summed E-state index contributed by atoms with van der Waals surface area (Å²) in [5, 5.41) is 5.48. The van der Waals surface area contributed by atoms with Crippen LogP contribution in [0.3, 0.4) is 0 Å². The Morgan fingerprint density at radius 2 is 1.71 bits per heavy atom. The van der Waals surface area contributed by atoms with Crippen molar-refractivity contribution >= 4 is 17.7 Å². The predicted octanol–water partition coefficient (Wildman–Crippen LogP) is 2.47. The highest BCUT2D eigenvalue weighted by atomic mass is 16.4. The Labute approximate surface area is 163 Å². The fourth-order valence-corrected chi connectivity index (χ4v) is 3.65. The highest BCUT2D eigenvalue weighted by molar-refractivity contribution is 5.96. The van der Waals surface area contributed by atoms with Crippen LogP contribution in [0, 0.1) is 5.92 Å². The van der Waals surface area contributed by atoms with Crippen LogP contribution in [0.25, 0.3) is 11.3 Å². The second-order valence-electron chi connectivity index (χ2n) is 7.07. The minimum Gasteiger partial charge on any atom is -0.451 e. The van der Waals surface area contributed by atoms with Crippen molar-refractivity contribution in [2.75, 3.05) is 7.05 Å². The maximum atomic E-state index is 12.7.